The maximum Gasteiger partial charge on any atom is 0.266 e. The lowest BCUT2D eigenvalue weighted by atomic mass is 10.1. The van der Waals surface area contributed by atoms with Crippen LogP contribution >= 0.6 is 38.5 Å². The maximum atomic E-state index is 12.4. The van der Waals surface area contributed by atoms with Crippen LogP contribution in [-0.2, 0) is 11.2 Å². The minimum Gasteiger partial charge on any atom is -0.476 e. The van der Waals surface area contributed by atoms with E-state index in [1.165, 1.54) is 11.6 Å². The van der Waals surface area contributed by atoms with Gasteiger partial charge in [-0.3, -0.25) is 4.79 Å². The number of halogens is 2. The summed E-state index contributed by atoms with van der Waals surface area (Å²) in [5, 5.41) is 20.7. The van der Waals surface area contributed by atoms with E-state index in [4.69, 9.17) is 10.00 Å². The smallest absolute Gasteiger partial charge is 0.266 e. The molecule has 0 aromatic heterocycles. The van der Waals surface area contributed by atoms with Gasteiger partial charge in [-0.25, -0.2) is 0 Å². The molecule has 2 aromatic rings. The molecule has 0 radical (unpaired) electrons. The van der Waals surface area contributed by atoms with Crippen LogP contribution in [0.2, 0.25) is 0 Å². The lowest BCUT2D eigenvalue weighted by Gasteiger charge is -2.09. The Morgan fingerprint density at radius 3 is 2.56 bits per heavy atom. The van der Waals surface area contributed by atoms with Gasteiger partial charge in [0.15, 0.2) is 6.61 Å². The number of carbonyl (C=O) groups excluding carboxylic acids is 1. The summed E-state index contributed by atoms with van der Waals surface area (Å²) in [6.07, 6.45) is 2.43. The van der Waals surface area contributed by atoms with Crippen molar-refractivity contribution in [1.82, 2.24) is 0 Å². The molecule has 7 heteroatoms. The van der Waals surface area contributed by atoms with E-state index < -0.39 is 5.91 Å². The highest BCUT2D eigenvalue weighted by Crippen LogP contribution is 2.32. The van der Waals surface area contributed by atoms with Gasteiger partial charge in [0.05, 0.1) is 8.04 Å². The molecule has 0 bridgehead atoms. The summed E-state index contributed by atoms with van der Waals surface area (Å²) >= 11 is 5.47. The van der Waals surface area contributed by atoms with E-state index in [0.29, 0.717) is 21.5 Å². The average molecular weight is 536 g/mol. The Morgan fingerprint density at radius 2 is 2.00 bits per heavy atom. The third-order valence-corrected chi connectivity index (χ3v) is 4.99. The van der Waals surface area contributed by atoms with Crippen molar-refractivity contribution < 1.29 is 9.53 Å². The van der Waals surface area contributed by atoms with Gasteiger partial charge < -0.3 is 10.1 Å². The normalized spacial score (nSPS) is 10.6. The number of hydrogen-bond acceptors (Lipinski definition) is 4. The Morgan fingerprint density at radius 1 is 1.30 bits per heavy atom. The number of nitrogens with one attached hydrogen (secondary N) is 1. The fraction of sp³-hybridized carbons (Fsp3) is 0.150. The largest absolute Gasteiger partial charge is 0.476 e. The Labute approximate surface area is 179 Å². The zero-order chi connectivity index (χ0) is 19.8. The Bertz CT molecular complexity index is 934. The molecular weight excluding hydrogens is 521 g/mol. The van der Waals surface area contributed by atoms with E-state index in [0.717, 1.165) is 9.99 Å². The molecule has 1 N–H and O–H groups in total. The van der Waals surface area contributed by atoms with Crippen LogP contribution in [0.5, 0.6) is 5.75 Å². The van der Waals surface area contributed by atoms with Gasteiger partial charge in [-0.2, -0.15) is 10.5 Å². The monoisotopic (exact) mass is 535 g/mol. The topological polar surface area (TPSA) is 85.9 Å². The number of rotatable bonds is 6. The van der Waals surface area contributed by atoms with Crippen molar-refractivity contribution in [2.24, 2.45) is 0 Å². The minimum absolute atomic E-state index is 0.0111. The molecule has 2 rings (SSSR count). The van der Waals surface area contributed by atoms with Crippen molar-refractivity contribution >= 4 is 56.2 Å². The first-order valence-electron chi connectivity index (χ1n) is 7.99. The Balaban J connectivity index is 2.23. The number of benzene rings is 2. The zero-order valence-corrected chi connectivity index (χ0v) is 18.2. The first-order valence-corrected chi connectivity index (χ1v) is 9.86. The number of ether oxygens (including phenoxy) is 1. The number of amides is 1. The predicted molar refractivity (Wildman–Crippen MR) is 116 cm³/mol. The van der Waals surface area contributed by atoms with Gasteiger partial charge >= 0.3 is 0 Å². The van der Waals surface area contributed by atoms with Crippen molar-refractivity contribution in [3.05, 3.63) is 61.1 Å². The van der Waals surface area contributed by atoms with E-state index in [1.54, 1.807) is 12.1 Å². The van der Waals surface area contributed by atoms with E-state index in [1.807, 2.05) is 36.4 Å². The lowest BCUT2D eigenvalue weighted by Crippen LogP contribution is -2.13. The third kappa shape index (κ3) is 5.81. The molecule has 0 aliphatic heterocycles. The van der Waals surface area contributed by atoms with E-state index in [2.05, 4.69) is 50.8 Å². The van der Waals surface area contributed by atoms with Crippen molar-refractivity contribution in [2.45, 2.75) is 13.3 Å². The van der Waals surface area contributed by atoms with Gasteiger partial charge in [0, 0.05) is 5.69 Å². The summed E-state index contributed by atoms with van der Waals surface area (Å²) in [6.45, 7) is 1.99. The van der Waals surface area contributed by atoms with Gasteiger partial charge in [-0.1, -0.05) is 19.1 Å². The highest BCUT2D eigenvalue weighted by Gasteiger charge is 2.12. The molecule has 1 amide bonds. The molecule has 0 atom stereocenters. The summed E-state index contributed by atoms with van der Waals surface area (Å²) in [4.78, 5) is 12.4. The summed E-state index contributed by atoms with van der Waals surface area (Å²) in [6, 6.07) is 14.9. The first kappa shape index (κ1) is 20.9. The highest BCUT2D eigenvalue weighted by atomic mass is 127. The van der Waals surface area contributed by atoms with Crippen molar-refractivity contribution in [1.29, 1.82) is 10.5 Å². The molecule has 0 unspecified atom stereocenters. The molecule has 0 spiro atoms. The Kier molecular flexibility index (Phi) is 7.83. The fourth-order valence-electron chi connectivity index (χ4n) is 2.24. The lowest BCUT2D eigenvalue weighted by molar-refractivity contribution is -0.112. The van der Waals surface area contributed by atoms with Gasteiger partial charge in [0.25, 0.3) is 5.91 Å². The van der Waals surface area contributed by atoms with Crippen LogP contribution < -0.4 is 10.1 Å². The Hall–Kier alpha value is -2.36. The molecule has 5 nitrogen and oxygen atoms in total. The maximum absolute atomic E-state index is 12.4. The molecule has 0 aliphatic carbocycles. The van der Waals surface area contributed by atoms with Gasteiger partial charge in [-0.05, 0) is 86.4 Å². The molecule has 0 heterocycles. The second-order valence-electron chi connectivity index (χ2n) is 5.43. The molecule has 0 fully saturated rings. The third-order valence-electron chi connectivity index (χ3n) is 3.60. The number of aryl methyl sites for hydroxylation is 1. The summed E-state index contributed by atoms with van der Waals surface area (Å²) in [5.41, 5.74) is 2.46. The summed E-state index contributed by atoms with van der Waals surface area (Å²) < 4.78 is 6.77. The predicted octanol–water partition coefficient (Wildman–Crippen LogP) is 5.06. The molecule has 136 valence electrons. The SMILES string of the molecule is CCc1ccc(NC(=O)/C(C#N)=C/c2cc(Br)c(OCC#N)c(I)c2)cc1. The molecule has 0 saturated carbocycles. The van der Waals surface area contributed by atoms with Crippen LogP contribution in [0.4, 0.5) is 5.69 Å². The van der Waals surface area contributed by atoms with Crippen LogP contribution in [0, 0.1) is 26.2 Å². The van der Waals surface area contributed by atoms with Crippen LogP contribution in [0.3, 0.4) is 0 Å². The van der Waals surface area contributed by atoms with Gasteiger partial charge in [0.1, 0.15) is 23.5 Å². The van der Waals surface area contributed by atoms with E-state index in [9.17, 15) is 10.1 Å². The molecule has 2 aromatic carbocycles. The number of nitrogens with zero attached hydrogens (tertiary/aromatic N) is 2. The summed E-state index contributed by atoms with van der Waals surface area (Å²) in [5.74, 6) is 0.0750. The highest BCUT2D eigenvalue weighted by molar-refractivity contribution is 14.1. The number of hydrogen-bond donors (Lipinski definition) is 1. The quantitative estimate of drug-likeness (QED) is 0.318. The average Bonchev–Trinajstić information content (AvgIpc) is 2.66. The first-order chi connectivity index (χ1) is 13.0. The van der Waals surface area contributed by atoms with Crippen LogP contribution in [0.1, 0.15) is 18.1 Å². The fourth-order valence-corrected chi connectivity index (χ4v) is 4.01. The number of anilines is 1. The minimum atomic E-state index is -0.474. The molecule has 0 aliphatic rings. The summed E-state index contributed by atoms with van der Waals surface area (Å²) in [7, 11) is 0. The van der Waals surface area contributed by atoms with Crippen molar-refractivity contribution in [3.63, 3.8) is 0 Å². The number of nitriles is 2. The van der Waals surface area contributed by atoms with Gasteiger partial charge in [-0.15, -0.1) is 0 Å². The van der Waals surface area contributed by atoms with Crippen LogP contribution in [0.25, 0.3) is 6.08 Å². The number of carbonyl (C=O) groups is 1. The standard InChI is InChI=1S/C20H15BrIN3O2/c1-2-13-3-5-16(6-4-13)25-20(26)15(12-24)9-14-10-17(21)19(18(22)11-14)27-8-7-23/h3-6,9-11H,2,8H2,1H3,(H,25,26)/b15-9+. The molecular formula is C20H15BrIN3O2. The molecule has 0 saturated heterocycles. The van der Waals surface area contributed by atoms with E-state index in [-0.39, 0.29) is 12.2 Å². The van der Waals surface area contributed by atoms with Crippen molar-refractivity contribution in [3.8, 4) is 17.9 Å². The van der Waals surface area contributed by atoms with Crippen LogP contribution in [0.15, 0.2) is 46.4 Å². The zero-order valence-electron chi connectivity index (χ0n) is 14.4. The van der Waals surface area contributed by atoms with Crippen molar-refractivity contribution in [2.75, 3.05) is 11.9 Å². The molecule has 27 heavy (non-hydrogen) atoms. The van der Waals surface area contributed by atoms with Crippen LogP contribution in [-0.4, -0.2) is 12.5 Å². The second kappa shape index (κ2) is 10.1. The van der Waals surface area contributed by atoms with Gasteiger partial charge in [0.2, 0.25) is 0 Å². The van der Waals surface area contributed by atoms with E-state index >= 15 is 0 Å². The second-order valence-corrected chi connectivity index (χ2v) is 7.45.